The van der Waals surface area contributed by atoms with Gasteiger partial charge in [0.2, 0.25) is 0 Å². The number of hydrogen-bond acceptors (Lipinski definition) is 4. The van der Waals surface area contributed by atoms with Crippen LogP contribution in [-0.4, -0.2) is 63.3 Å². The van der Waals surface area contributed by atoms with Gasteiger partial charge in [-0.3, -0.25) is 9.13 Å². The summed E-state index contributed by atoms with van der Waals surface area (Å²) in [4.78, 5) is 39.8. The van der Waals surface area contributed by atoms with E-state index in [2.05, 4.69) is 5.32 Å². The van der Waals surface area contributed by atoms with Crippen LogP contribution in [0.25, 0.3) is 11.0 Å². The van der Waals surface area contributed by atoms with E-state index in [9.17, 15) is 14.4 Å². The molecule has 2 aliphatic heterocycles. The summed E-state index contributed by atoms with van der Waals surface area (Å²) in [6, 6.07) is 5.15. The highest BCUT2D eigenvalue weighted by atomic mass is 16.6. The Morgan fingerprint density at radius 2 is 1.85 bits per heavy atom. The number of benzene rings is 1. The summed E-state index contributed by atoms with van der Waals surface area (Å²) in [5.41, 5.74) is 1.45. The average molecular weight is 373 g/mol. The molecular weight excluding hydrogens is 350 g/mol. The standard InChI is InChI=1S/C18H23N5O4/c1-20-10-18(27-17(20)26)7-4-8-23(11-18)15(24)19-12-5-6-13-14(9-12)22(3)16(25)21(13)2/h5-6,9H,4,7-8,10-11H2,1-3H3,(H,19,24)/t18-/m0/s1. The van der Waals surface area contributed by atoms with Gasteiger partial charge in [-0.2, -0.15) is 0 Å². The number of nitrogens with zero attached hydrogens (tertiary/aromatic N) is 4. The van der Waals surface area contributed by atoms with Gasteiger partial charge >= 0.3 is 17.8 Å². The zero-order valence-corrected chi connectivity index (χ0v) is 15.7. The van der Waals surface area contributed by atoms with Crippen molar-refractivity contribution in [3.05, 3.63) is 28.7 Å². The van der Waals surface area contributed by atoms with Crippen LogP contribution < -0.4 is 11.0 Å². The fourth-order valence-corrected chi connectivity index (χ4v) is 4.06. The summed E-state index contributed by atoms with van der Waals surface area (Å²) < 4.78 is 8.67. The molecule has 3 heterocycles. The summed E-state index contributed by atoms with van der Waals surface area (Å²) >= 11 is 0. The number of amides is 3. The third kappa shape index (κ3) is 2.83. The summed E-state index contributed by atoms with van der Waals surface area (Å²) in [5, 5.41) is 2.90. The van der Waals surface area contributed by atoms with Crippen LogP contribution in [0.1, 0.15) is 12.8 Å². The van der Waals surface area contributed by atoms with Gasteiger partial charge in [-0.15, -0.1) is 0 Å². The Morgan fingerprint density at radius 3 is 2.56 bits per heavy atom. The second-order valence-electron chi connectivity index (χ2n) is 7.47. The Balaban J connectivity index is 1.52. The minimum absolute atomic E-state index is 0.112. The van der Waals surface area contributed by atoms with Gasteiger partial charge in [0.15, 0.2) is 0 Å². The average Bonchev–Trinajstić information content (AvgIpc) is 3.03. The molecule has 1 N–H and O–H groups in total. The maximum absolute atomic E-state index is 12.8. The lowest BCUT2D eigenvalue weighted by Crippen LogP contribution is -2.53. The number of carbonyl (C=O) groups is 2. The minimum atomic E-state index is -0.616. The first-order chi connectivity index (χ1) is 12.8. The molecular formula is C18H23N5O4. The van der Waals surface area contributed by atoms with Crippen molar-refractivity contribution in [3.63, 3.8) is 0 Å². The molecule has 3 amide bonds. The number of fused-ring (bicyclic) bond motifs is 1. The predicted octanol–water partition coefficient (Wildman–Crippen LogP) is 1.33. The lowest BCUT2D eigenvalue weighted by molar-refractivity contribution is 0.00497. The Hall–Kier alpha value is -2.97. The molecule has 2 saturated heterocycles. The van der Waals surface area contributed by atoms with Gasteiger partial charge in [0.05, 0.1) is 24.1 Å². The molecule has 1 aromatic carbocycles. The highest BCUT2D eigenvalue weighted by molar-refractivity contribution is 5.92. The molecule has 27 heavy (non-hydrogen) atoms. The number of urea groups is 1. The normalized spacial score (nSPS) is 22.6. The molecule has 9 heteroatoms. The highest BCUT2D eigenvalue weighted by Gasteiger charge is 2.47. The van der Waals surface area contributed by atoms with Gasteiger partial charge in [0, 0.05) is 33.4 Å². The number of carbonyl (C=O) groups excluding carboxylic acids is 2. The van der Waals surface area contributed by atoms with Crippen molar-refractivity contribution in [3.8, 4) is 0 Å². The maximum atomic E-state index is 12.8. The first kappa shape index (κ1) is 17.4. The van der Waals surface area contributed by atoms with E-state index in [0.717, 1.165) is 23.9 Å². The second-order valence-corrected chi connectivity index (χ2v) is 7.47. The van der Waals surface area contributed by atoms with E-state index in [1.807, 2.05) is 6.07 Å². The highest BCUT2D eigenvalue weighted by Crippen LogP contribution is 2.31. The van der Waals surface area contributed by atoms with Crippen LogP contribution >= 0.6 is 0 Å². The molecule has 1 spiro atoms. The molecule has 1 atom stereocenters. The molecule has 1 aromatic heterocycles. The molecule has 0 saturated carbocycles. The molecule has 0 unspecified atom stereocenters. The van der Waals surface area contributed by atoms with Gasteiger partial charge in [0.25, 0.3) is 0 Å². The zero-order valence-electron chi connectivity index (χ0n) is 15.7. The van der Waals surface area contributed by atoms with Gasteiger partial charge in [-0.05, 0) is 31.0 Å². The van der Waals surface area contributed by atoms with Crippen LogP contribution in [0.2, 0.25) is 0 Å². The molecule has 0 bridgehead atoms. The Morgan fingerprint density at radius 1 is 1.11 bits per heavy atom. The van der Waals surface area contributed by atoms with Crippen LogP contribution in [0.5, 0.6) is 0 Å². The summed E-state index contributed by atoms with van der Waals surface area (Å²) in [6.07, 6.45) is 1.19. The van der Waals surface area contributed by atoms with E-state index in [1.54, 1.807) is 52.2 Å². The number of nitrogens with one attached hydrogen (secondary N) is 1. The van der Waals surface area contributed by atoms with E-state index >= 15 is 0 Å². The van der Waals surface area contributed by atoms with E-state index in [1.165, 1.54) is 0 Å². The summed E-state index contributed by atoms with van der Waals surface area (Å²) in [6.45, 7) is 1.48. The monoisotopic (exact) mass is 373 g/mol. The van der Waals surface area contributed by atoms with Crippen molar-refractivity contribution in [1.82, 2.24) is 18.9 Å². The van der Waals surface area contributed by atoms with Crippen LogP contribution in [0.3, 0.4) is 0 Å². The molecule has 9 nitrogen and oxygen atoms in total. The van der Waals surface area contributed by atoms with Crippen molar-refractivity contribution in [2.24, 2.45) is 14.1 Å². The Kier molecular flexibility index (Phi) is 3.90. The SMILES string of the molecule is CN1C[C@]2(CCCN(C(=O)Nc3ccc4c(c3)n(C)c(=O)n4C)C2)OC1=O. The second kappa shape index (κ2) is 6.04. The third-order valence-corrected chi connectivity index (χ3v) is 5.49. The van der Waals surface area contributed by atoms with E-state index in [-0.39, 0.29) is 17.8 Å². The van der Waals surface area contributed by atoms with Crippen molar-refractivity contribution < 1.29 is 14.3 Å². The number of ether oxygens (including phenoxy) is 1. The number of hydrogen-bond donors (Lipinski definition) is 1. The number of imidazole rings is 1. The molecule has 2 fully saturated rings. The predicted molar refractivity (Wildman–Crippen MR) is 99.8 cm³/mol. The van der Waals surface area contributed by atoms with Gasteiger partial charge in [0.1, 0.15) is 5.60 Å². The number of piperidine rings is 1. The Bertz CT molecular complexity index is 994. The number of aryl methyl sites for hydroxylation is 2. The van der Waals surface area contributed by atoms with Crippen molar-refractivity contribution in [2.45, 2.75) is 18.4 Å². The fourth-order valence-electron chi connectivity index (χ4n) is 4.06. The van der Waals surface area contributed by atoms with Crippen LogP contribution in [0.4, 0.5) is 15.3 Å². The fraction of sp³-hybridized carbons (Fsp3) is 0.500. The van der Waals surface area contributed by atoms with E-state index in [0.29, 0.717) is 25.3 Å². The first-order valence-electron chi connectivity index (χ1n) is 8.95. The lowest BCUT2D eigenvalue weighted by Gasteiger charge is -2.38. The van der Waals surface area contributed by atoms with Crippen molar-refractivity contribution in [1.29, 1.82) is 0 Å². The topological polar surface area (TPSA) is 88.8 Å². The number of anilines is 1. The largest absolute Gasteiger partial charge is 0.439 e. The van der Waals surface area contributed by atoms with Crippen LogP contribution in [0, 0.1) is 0 Å². The number of rotatable bonds is 1. The molecule has 144 valence electrons. The van der Waals surface area contributed by atoms with Gasteiger partial charge in [-0.25, -0.2) is 14.4 Å². The summed E-state index contributed by atoms with van der Waals surface area (Å²) in [7, 11) is 5.13. The quantitative estimate of drug-likeness (QED) is 0.817. The summed E-state index contributed by atoms with van der Waals surface area (Å²) in [5.74, 6) is 0. The van der Waals surface area contributed by atoms with E-state index in [4.69, 9.17) is 4.74 Å². The molecule has 2 aliphatic rings. The molecule has 0 aliphatic carbocycles. The Labute approximate surface area is 156 Å². The number of aromatic nitrogens is 2. The van der Waals surface area contributed by atoms with Gasteiger partial charge < -0.3 is 19.9 Å². The van der Waals surface area contributed by atoms with Crippen LogP contribution in [0.15, 0.2) is 23.0 Å². The number of likely N-dealkylation sites (N-methyl/N-ethyl adjacent to an activating group) is 1. The van der Waals surface area contributed by atoms with Crippen molar-refractivity contribution in [2.75, 3.05) is 32.0 Å². The van der Waals surface area contributed by atoms with E-state index < -0.39 is 5.60 Å². The third-order valence-electron chi connectivity index (χ3n) is 5.49. The van der Waals surface area contributed by atoms with Crippen molar-refractivity contribution >= 4 is 28.8 Å². The lowest BCUT2D eigenvalue weighted by atomic mass is 9.93. The maximum Gasteiger partial charge on any atom is 0.410 e. The van der Waals surface area contributed by atoms with Crippen LogP contribution in [-0.2, 0) is 18.8 Å². The first-order valence-corrected chi connectivity index (χ1v) is 8.95. The smallest absolute Gasteiger partial charge is 0.410 e. The zero-order chi connectivity index (χ0) is 19.3. The number of likely N-dealkylation sites (tertiary alicyclic amines) is 1. The molecule has 0 radical (unpaired) electrons. The van der Waals surface area contributed by atoms with Gasteiger partial charge in [-0.1, -0.05) is 0 Å². The molecule has 2 aromatic rings. The minimum Gasteiger partial charge on any atom is -0.439 e. The molecule has 4 rings (SSSR count).